The summed E-state index contributed by atoms with van der Waals surface area (Å²) in [4.78, 5) is 28.7. The van der Waals surface area contributed by atoms with Gasteiger partial charge in [-0.25, -0.2) is 4.79 Å². The summed E-state index contributed by atoms with van der Waals surface area (Å²) >= 11 is 0. The normalized spacial score (nSPS) is 14.1. The highest BCUT2D eigenvalue weighted by Crippen LogP contribution is 2.28. The number of piperazine rings is 1. The largest absolute Gasteiger partial charge is 0.495 e. The number of rotatable bonds is 5. The maximum Gasteiger partial charge on any atom is 0.359 e. The molecule has 0 spiro atoms. The summed E-state index contributed by atoms with van der Waals surface area (Å²) in [5.41, 5.74) is 1.95. The smallest absolute Gasteiger partial charge is 0.359 e. The van der Waals surface area contributed by atoms with E-state index in [1.165, 1.54) is 0 Å². The summed E-state index contributed by atoms with van der Waals surface area (Å²) in [7, 11) is 1.65. The Morgan fingerprint density at radius 3 is 2.55 bits per heavy atom. The van der Waals surface area contributed by atoms with E-state index in [2.05, 4.69) is 15.1 Å². The number of carbonyl (C=O) groups excluding carboxylic acids is 2. The second-order valence-electron chi connectivity index (χ2n) is 6.73. The number of amides is 1. The number of nitrogens with zero attached hydrogens (tertiary/aromatic N) is 3. The van der Waals surface area contributed by atoms with Gasteiger partial charge in [0.05, 0.1) is 18.3 Å². The summed E-state index contributed by atoms with van der Waals surface area (Å²) in [6.45, 7) is 2.18. The van der Waals surface area contributed by atoms with Crippen molar-refractivity contribution < 1.29 is 19.1 Å². The van der Waals surface area contributed by atoms with Crippen LogP contribution < -0.4 is 9.64 Å². The number of fused-ring (bicyclic) bond motifs is 1. The highest BCUT2D eigenvalue weighted by molar-refractivity contribution is 6.02. The zero-order chi connectivity index (χ0) is 20.2. The summed E-state index contributed by atoms with van der Waals surface area (Å²) in [5, 5.41) is 7.47. The van der Waals surface area contributed by atoms with Crippen molar-refractivity contribution >= 4 is 28.5 Å². The quantitative estimate of drug-likeness (QED) is 0.667. The van der Waals surface area contributed by atoms with Gasteiger partial charge in [-0.3, -0.25) is 9.89 Å². The molecule has 1 fully saturated rings. The molecule has 4 rings (SSSR count). The number of nitrogens with one attached hydrogen (secondary N) is 1. The molecule has 3 aromatic rings. The number of esters is 1. The molecule has 2 aromatic carbocycles. The molecule has 0 unspecified atom stereocenters. The Morgan fingerprint density at radius 1 is 1.03 bits per heavy atom. The molecule has 29 heavy (non-hydrogen) atoms. The lowest BCUT2D eigenvalue weighted by atomic mass is 10.2. The maximum absolute atomic E-state index is 12.5. The molecule has 0 radical (unpaired) electrons. The van der Waals surface area contributed by atoms with Crippen molar-refractivity contribution in [2.45, 2.75) is 0 Å². The third kappa shape index (κ3) is 3.87. The maximum atomic E-state index is 12.5. The van der Waals surface area contributed by atoms with E-state index in [1.54, 1.807) is 18.1 Å². The van der Waals surface area contributed by atoms with E-state index in [-0.39, 0.29) is 18.2 Å². The van der Waals surface area contributed by atoms with Crippen LogP contribution in [0.4, 0.5) is 5.69 Å². The lowest BCUT2D eigenvalue weighted by Crippen LogP contribution is -2.50. The van der Waals surface area contributed by atoms with E-state index >= 15 is 0 Å². The van der Waals surface area contributed by atoms with Gasteiger partial charge in [-0.1, -0.05) is 30.3 Å². The molecular formula is C21H22N4O4. The lowest BCUT2D eigenvalue weighted by Gasteiger charge is -2.36. The van der Waals surface area contributed by atoms with Gasteiger partial charge in [0.15, 0.2) is 12.3 Å². The van der Waals surface area contributed by atoms with E-state index in [9.17, 15) is 9.59 Å². The first-order valence-electron chi connectivity index (χ1n) is 9.43. The number of benzene rings is 2. The number of hydrogen-bond acceptors (Lipinski definition) is 6. The first kappa shape index (κ1) is 18.8. The van der Waals surface area contributed by atoms with Crippen molar-refractivity contribution in [1.29, 1.82) is 0 Å². The molecule has 1 saturated heterocycles. The van der Waals surface area contributed by atoms with Gasteiger partial charge in [-0.05, 0) is 18.2 Å². The van der Waals surface area contributed by atoms with Gasteiger partial charge in [-0.2, -0.15) is 5.10 Å². The molecule has 1 aliphatic heterocycles. The minimum atomic E-state index is -0.608. The molecular weight excluding hydrogens is 372 g/mol. The van der Waals surface area contributed by atoms with E-state index in [0.29, 0.717) is 31.6 Å². The number of anilines is 1. The predicted molar refractivity (Wildman–Crippen MR) is 108 cm³/mol. The van der Waals surface area contributed by atoms with Gasteiger partial charge in [0, 0.05) is 31.6 Å². The second-order valence-corrected chi connectivity index (χ2v) is 6.73. The van der Waals surface area contributed by atoms with E-state index in [1.807, 2.05) is 42.5 Å². The van der Waals surface area contributed by atoms with Gasteiger partial charge in [0.25, 0.3) is 5.91 Å². The molecule has 150 valence electrons. The van der Waals surface area contributed by atoms with Crippen LogP contribution in [-0.4, -0.2) is 66.9 Å². The van der Waals surface area contributed by atoms with Gasteiger partial charge >= 0.3 is 5.97 Å². The van der Waals surface area contributed by atoms with Gasteiger partial charge in [0.2, 0.25) is 0 Å². The highest BCUT2D eigenvalue weighted by Gasteiger charge is 2.24. The molecule has 1 aliphatic rings. The van der Waals surface area contributed by atoms with Crippen molar-refractivity contribution in [2.24, 2.45) is 0 Å². The van der Waals surface area contributed by atoms with Gasteiger partial charge in [0.1, 0.15) is 5.75 Å². The summed E-state index contributed by atoms with van der Waals surface area (Å²) in [6.07, 6.45) is 0. The first-order valence-corrected chi connectivity index (χ1v) is 9.43. The van der Waals surface area contributed by atoms with Crippen molar-refractivity contribution in [1.82, 2.24) is 15.1 Å². The number of aromatic amines is 1. The summed E-state index contributed by atoms with van der Waals surface area (Å²) in [6, 6.07) is 15.1. The number of H-pyrrole nitrogens is 1. The van der Waals surface area contributed by atoms with Crippen LogP contribution in [0.1, 0.15) is 10.5 Å². The number of para-hydroxylation sites is 3. The van der Waals surface area contributed by atoms with Gasteiger partial charge < -0.3 is 19.3 Å². The lowest BCUT2D eigenvalue weighted by molar-refractivity contribution is -0.134. The topological polar surface area (TPSA) is 87.8 Å². The van der Waals surface area contributed by atoms with Gasteiger partial charge in [-0.15, -0.1) is 0 Å². The minimum absolute atomic E-state index is 0.189. The van der Waals surface area contributed by atoms with Crippen LogP contribution in [0.25, 0.3) is 10.9 Å². The van der Waals surface area contributed by atoms with Crippen LogP contribution in [0.2, 0.25) is 0 Å². The van der Waals surface area contributed by atoms with Crippen molar-refractivity contribution in [3.05, 3.63) is 54.2 Å². The molecule has 2 heterocycles. The van der Waals surface area contributed by atoms with Crippen molar-refractivity contribution in [2.75, 3.05) is 44.8 Å². The fraction of sp³-hybridized carbons (Fsp3) is 0.286. The van der Waals surface area contributed by atoms with Crippen LogP contribution in [0.3, 0.4) is 0 Å². The number of methoxy groups -OCH3 is 1. The molecule has 8 heteroatoms. The second kappa shape index (κ2) is 8.22. The molecule has 0 atom stereocenters. The Morgan fingerprint density at radius 2 is 1.76 bits per heavy atom. The summed E-state index contributed by atoms with van der Waals surface area (Å²) < 4.78 is 10.6. The fourth-order valence-corrected chi connectivity index (χ4v) is 3.49. The monoisotopic (exact) mass is 394 g/mol. The minimum Gasteiger partial charge on any atom is -0.495 e. The average molecular weight is 394 g/mol. The third-order valence-corrected chi connectivity index (χ3v) is 5.05. The standard InChI is InChI=1S/C21H22N4O4/c1-28-18-9-5-4-8-17(18)24-10-12-25(13-11-24)19(26)14-29-21(27)20-15-6-2-3-7-16(15)22-23-20/h2-9H,10-14H2,1H3,(H,22,23). The van der Waals surface area contributed by atoms with E-state index < -0.39 is 5.97 Å². The zero-order valence-corrected chi connectivity index (χ0v) is 16.1. The molecule has 1 aromatic heterocycles. The highest BCUT2D eigenvalue weighted by atomic mass is 16.5. The number of aromatic nitrogens is 2. The molecule has 1 N–H and O–H groups in total. The molecule has 1 amide bonds. The number of ether oxygens (including phenoxy) is 2. The van der Waals surface area contributed by atoms with Crippen LogP contribution in [0.5, 0.6) is 5.75 Å². The van der Waals surface area contributed by atoms with E-state index in [0.717, 1.165) is 17.0 Å². The Hall–Kier alpha value is -3.55. The average Bonchev–Trinajstić information content (AvgIpc) is 3.21. The number of carbonyl (C=O) groups is 2. The molecule has 0 aliphatic carbocycles. The Labute approximate surface area is 168 Å². The van der Waals surface area contributed by atoms with Crippen LogP contribution in [0, 0.1) is 0 Å². The first-order chi connectivity index (χ1) is 14.2. The molecule has 8 nitrogen and oxygen atoms in total. The molecule has 0 saturated carbocycles. The Kier molecular flexibility index (Phi) is 5.33. The fourth-order valence-electron chi connectivity index (χ4n) is 3.49. The Balaban J connectivity index is 1.31. The summed E-state index contributed by atoms with van der Waals surface area (Å²) in [5.74, 6) is -0.00578. The van der Waals surface area contributed by atoms with Crippen LogP contribution in [-0.2, 0) is 9.53 Å². The Bertz CT molecular complexity index is 1020. The van der Waals surface area contributed by atoms with Crippen LogP contribution in [0.15, 0.2) is 48.5 Å². The number of hydrogen-bond donors (Lipinski definition) is 1. The zero-order valence-electron chi connectivity index (χ0n) is 16.1. The SMILES string of the molecule is COc1ccccc1N1CCN(C(=O)COC(=O)c2n[nH]c3ccccc23)CC1. The molecule has 0 bridgehead atoms. The van der Waals surface area contributed by atoms with E-state index in [4.69, 9.17) is 9.47 Å². The third-order valence-electron chi connectivity index (χ3n) is 5.05. The van der Waals surface area contributed by atoms with Crippen LogP contribution >= 0.6 is 0 Å². The van der Waals surface area contributed by atoms with Crippen molar-refractivity contribution in [3.63, 3.8) is 0 Å². The predicted octanol–water partition coefficient (Wildman–Crippen LogP) is 2.08. The van der Waals surface area contributed by atoms with Crippen molar-refractivity contribution in [3.8, 4) is 5.75 Å².